The molecule has 0 bridgehead atoms. The number of aryl methyl sites for hydroxylation is 1. The van der Waals surface area contributed by atoms with Gasteiger partial charge in [0.15, 0.2) is 5.78 Å². The maximum absolute atomic E-state index is 14.8. The molecule has 5 nitrogen and oxygen atoms in total. The molecular formula is C29H25N3O2. The molecule has 0 unspecified atom stereocenters. The van der Waals surface area contributed by atoms with Crippen molar-refractivity contribution in [3.05, 3.63) is 101 Å². The van der Waals surface area contributed by atoms with Crippen molar-refractivity contribution in [3.8, 4) is 0 Å². The van der Waals surface area contributed by atoms with Crippen LogP contribution in [0.2, 0.25) is 0 Å². The number of H-pyrrole nitrogens is 1. The third kappa shape index (κ3) is 2.14. The molecule has 1 amide bonds. The molecular weight excluding hydrogens is 422 g/mol. The molecule has 2 N–H and O–H groups in total. The lowest BCUT2D eigenvalue weighted by atomic mass is 9.54. The third-order valence-corrected chi connectivity index (χ3v) is 8.58. The molecule has 2 spiro atoms. The highest BCUT2D eigenvalue weighted by Crippen LogP contribution is 2.66. The van der Waals surface area contributed by atoms with Gasteiger partial charge >= 0.3 is 0 Å². The van der Waals surface area contributed by atoms with Gasteiger partial charge in [-0.15, -0.1) is 0 Å². The second kappa shape index (κ2) is 6.67. The van der Waals surface area contributed by atoms with Crippen molar-refractivity contribution in [2.45, 2.75) is 24.3 Å². The summed E-state index contributed by atoms with van der Waals surface area (Å²) in [5.74, 6) is -0.153. The number of Topliss-reactive ketones (excluding diaryl/α,β-unsaturated/α-hetero) is 1. The lowest BCUT2D eigenvalue weighted by Gasteiger charge is -2.47. The van der Waals surface area contributed by atoms with Crippen LogP contribution < -0.4 is 5.32 Å². The zero-order chi connectivity index (χ0) is 23.1. The summed E-state index contributed by atoms with van der Waals surface area (Å²) in [6, 6.07) is 26.2. The summed E-state index contributed by atoms with van der Waals surface area (Å²) in [5.41, 5.74) is 3.57. The van der Waals surface area contributed by atoms with Crippen molar-refractivity contribution in [2.75, 3.05) is 18.9 Å². The summed E-state index contributed by atoms with van der Waals surface area (Å²) in [4.78, 5) is 34.4. The Morgan fingerprint density at radius 2 is 1.65 bits per heavy atom. The maximum atomic E-state index is 14.8. The first kappa shape index (κ1) is 19.7. The second-order valence-electron chi connectivity index (χ2n) is 9.88. The number of nitrogens with one attached hydrogen (secondary N) is 2. The fraction of sp³-hybridized carbons (Fsp3) is 0.241. The minimum absolute atomic E-state index is 0.0509. The van der Waals surface area contributed by atoms with Crippen molar-refractivity contribution in [1.29, 1.82) is 0 Å². The number of fused-ring (bicyclic) bond motifs is 6. The first-order valence-corrected chi connectivity index (χ1v) is 11.9. The summed E-state index contributed by atoms with van der Waals surface area (Å²) in [7, 11) is 2.00. The molecule has 168 valence electrons. The van der Waals surface area contributed by atoms with Crippen molar-refractivity contribution in [3.63, 3.8) is 0 Å². The number of likely N-dealkylation sites (tertiary alicyclic amines) is 1. The lowest BCUT2D eigenvalue weighted by Crippen LogP contribution is -2.60. The number of hydrogen-bond donors (Lipinski definition) is 2. The van der Waals surface area contributed by atoms with Gasteiger partial charge in [-0.3, -0.25) is 14.5 Å². The first-order chi connectivity index (χ1) is 16.6. The van der Waals surface area contributed by atoms with E-state index in [9.17, 15) is 9.59 Å². The number of nitrogens with zero attached hydrogens (tertiary/aromatic N) is 1. The van der Waals surface area contributed by atoms with E-state index in [1.807, 2.05) is 67.7 Å². The van der Waals surface area contributed by atoms with Crippen molar-refractivity contribution >= 4 is 28.3 Å². The molecule has 1 aliphatic carbocycles. The fourth-order valence-electron chi connectivity index (χ4n) is 7.29. The summed E-state index contributed by atoms with van der Waals surface area (Å²) in [6.45, 7) is 0.632. The van der Waals surface area contributed by atoms with Crippen LogP contribution in [0.15, 0.2) is 78.9 Å². The van der Waals surface area contributed by atoms with Gasteiger partial charge in [-0.2, -0.15) is 0 Å². The van der Waals surface area contributed by atoms with Crippen LogP contribution in [0.5, 0.6) is 0 Å². The summed E-state index contributed by atoms with van der Waals surface area (Å²) >= 11 is 0. The van der Waals surface area contributed by atoms with Gasteiger partial charge in [0.2, 0.25) is 0 Å². The summed E-state index contributed by atoms with van der Waals surface area (Å²) in [5, 5.41) is 4.24. The Hall–Kier alpha value is -3.70. The SMILES string of the molecule is CN1C[C@@H](c2ccccc2)[C@@]2(CCc3c([nH]c4ccccc34)C2=O)[C@]12C(=O)Nc1ccccc12. The van der Waals surface area contributed by atoms with Gasteiger partial charge in [0.05, 0.1) is 11.1 Å². The van der Waals surface area contributed by atoms with Crippen LogP contribution in [0, 0.1) is 5.41 Å². The van der Waals surface area contributed by atoms with E-state index in [1.54, 1.807) is 0 Å². The van der Waals surface area contributed by atoms with Gasteiger partial charge in [-0.1, -0.05) is 66.7 Å². The number of ketones is 1. The van der Waals surface area contributed by atoms with Gasteiger partial charge in [-0.25, -0.2) is 0 Å². The quantitative estimate of drug-likeness (QED) is 0.438. The molecule has 1 fully saturated rings. The van der Waals surface area contributed by atoms with Gasteiger partial charge in [0.25, 0.3) is 5.91 Å². The van der Waals surface area contributed by atoms with E-state index in [4.69, 9.17) is 0 Å². The molecule has 7 rings (SSSR count). The Labute approximate surface area is 197 Å². The lowest BCUT2D eigenvalue weighted by molar-refractivity contribution is -0.130. The minimum Gasteiger partial charge on any atom is -0.352 e. The number of rotatable bonds is 1. The fourth-order valence-corrected chi connectivity index (χ4v) is 7.29. The standard InChI is InChI=1S/C29H25N3O2/c1-32-17-22(18-9-3-2-4-10-18)28(29(32)21-12-6-8-14-24(21)31-27(29)34)16-15-20-19-11-5-7-13-23(19)30-25(20)26(28)33/h2-14,22,30H,15-17H2,1H3,(H,31,34)/t22-,28+,29-/m0/s1. The smallest absolute Gasteiger partial charge is 0.250 e. The first-order valence-electron chi connectivity index (χ1n) is 11.9. The average Bonchev–Trinajstić information content (AvgIpc) is 3.48. The van der Waals surface area contributed by atoms with Crippen molar-refractivity contribution in [2.24, 2.45) is 5.41 Å². The van der Waals surface area contributed by atoms with E-state index in [2.05, 4.69) is 33.4 Å². The Balaban J connectivity index is 1.55. The van der Waals surface area contributed by atoms with Crippen LogP contribution in [-0.4, -0.2) is 35.2 Å². The molecule has 3 heterocycles. The number of carbonyl (C=O) groups excluding carboxylic acids is 2. The predicted octanol–water partition coefficient (Wildman–Crippen LogP) is 4.86. The number of likely N-dealkylation sites (N-methyl/N-ethyl adjacent to an activating group) is 1. The van der Waals surface area contributed by atoms with Gasteiger partial charge in [-0.05, 0) is 43.1 Å². The molecule has 3 atom stereocenters. The average molecular weight is 448 g/mol. The molecule has 3 aromatic carbocycles. The monoisotopic (exact) mass is 447 g/mol. The Kier molecular flexibility index (Phi) is 3.87. The molecule has 1 aromatic heterocycles. The molecule has 1 saturated heterocycles. The highest BCUT2D eigenvalue weighted by Gasteiger charge is 2.74. The van der Waals surface area contributed by atoms with Crippen LogP contribution >= 0.6 is 0 Å². The molecule has 0 radical (unpaired) electrons. The number of aromatic amines is 1. The van der Waals surface area contributed by atoms with E-state index >= 15 is 0 Å². The molecule has 34 heavy (non-hydrogen) atoms. The number of para-hydroxylation sites is 2. The molecule has 3 aliphatic rings. The highest BCUT2D eigenvalue weighted by molar-refractivity contribution is 6.16. The number of carbonyl (C=O) groups is 2. The molecule has 5 heteroatoms. The van der Waals surface area contributed by atoms with Crippen LogP contribution in [0.4, 0.5) is 5.69 Å². The van der Waals surface area contributed by atoms with Gasteiger partial charge < -0.3 is 10.3 Å². The normalized spacial score (nSPS) is 28.0. The zero-order valence-electron chi connectivity index (χ0n) is 19.0. The number of aromatic nitrogens is 1. The third-order valence-electron chi connectivity index (χ3n) is 8.58. The number of hydrogen-bond acceptors (Lipinski definition) is 3. The van der Waals surface area contributed by atoms with Crippen LogP contribution in [0.25, 0.3) is 10.9 Å². The largest absolute Gasteiger partial charge is 0.352 e. The van der Waals surface area contributed by atoms with E-state index in [0.29, 0.717) is 18.7 Å². The van der Waals surface area contributed by atoms with E-state index in [1.165, 1.54) is 0 Å². The maximum Gasteiger partial charge on any atom is 0.250 e. The van der Waals surface area contributed by atoms with Crippen LogP contribution in [0.3, 0.4) is 0 Å². The van der Waals surface area contributed by atoms with Crippen LogP contribution in [-0.2, 0) is 16.8 Å². The Morgan fingerprint density at radius 1 is 0.912 bits per heavy atom. The number of amides is 1. The van der Waals surface area contributed by atoms with Crippen molar-refractivity contribution < 1.29 is 9.59 Å². The van der Waals surface area contributed by atoms with Gasteiger partial charge in [0.1, 0.15) is 5.54 Å². The molecule has 4 aromatic rings. The Morgan fingerprint density at radius 3 is 2.50 bits per heavy atom. The number of anilines is 1. The summed E-state index contributed by atoms with van der Waals surface area (Å²) < 4.78 is 0. The topological polar surface area (TPSA) is 65.2 Å². The van der Waals surface area contributed by atoms with E-state index < -0.39 is 11.0 Å². The zero-order valence-corrected chi connectivity index (χ0v) is 19.0. The van der Waals surface area contributed by atoms with Crippen molar-refractivity contribution in [1.82, 2.24) is 9.88 Å². The Bertz CT molecular complexity index is 1490. The number of benzene rings is 3. The van der Waals surface area contributed by atoms with Gasteiger partial charge in [0, 0.05) is 34.6 Å². The highest BCUT2D eigenvalue weighted by atomic mass is 16.2. The minimum atomic E-state index is -1.06. The van der Waals surface area contributed by atoms with Crippen LogP contribution in [0.1, 0.15) is 39.5 Å². The molecule has 2 aliphatic heterocycles. The molecule has 0 saturated carbocycles. The van der Waals surface area contributed by atoms with E-state index in [-0.39, 0.29) is 17.6 Å². The van der Waals surface area contributed by atoms with E-state index in [0.717, 1.165) is 39.7 Å². The summed E-state index contributed by atoms with van der Waals surface area (Å²) in [6.07, 6.45) is 1.37. The predicted molar refractivity (Wildman–Crippen MR) is 132 cm³/mol. The second-order valence-corrected chi connectivity index (χ2v) is 9.88.